The van der Waals surface area contributed by atoms with Gasteiger partial charge in [-0.2, -0.15) is 5.10 Å². The molecule has 3 aromatic heterocycles. The highest BCUT2D eigenvalue weighted by Gasteiger charge is 2.32. The van der Waals surface area contributed by atoms with Crippen LogP contribution in [-0.4, -0.2) is 104 Å². The zero-order chi connectivity index (χ0) is 33.5. The number of nitrogens with one attached hydrogen (secondary N) is 1. The summed E-state index contributed by atoms with van der Waals surface area (Å²) in [4.78, 5) is 15.4. The Morgan fingerprint density at radius 1 is 1.06 bits per heavy atom. The van der Waals surface area contributed by atoms with Gasteiger partial charge in [0.15, 0.2) is 6.61 Å². The molecule has 0 amide bonds. The summed E-state index contributed by atoms with van der Waals surface area (Å²) in [5.74, 6) is -2.36. The average molecular weight is 688 g/mol. The summed E-state index contributed by atoms with van der Waals surface area (Å²) in [6.45, 7) is 4.23. The van der Waals surface area contributed by atoms with Crippen molar-refractivity contribution >= 4 is 23.2 Å². The number of alkyl halides is 2. The molecule has 13 nitrogen and oxygen atoms in total. The lowest BCUT2D eigenvalue weighted by atomic mass is 9.90. The minimum absolute atomic E-state index is 0.0493. The molecule has 48 heavy (non-hydrogen) atoms. The fraction of sp³-hybridized carbons (Fsp3) is 0.531. The van der Waals surface area contributed by atoms with Crippen LogP contribution in [0.15, 0.2) is 49.4 Å². The molecule has 6 rings (SSSR count). The highest BCUT2D eigenvalue weighted by Crippen LogP contribution is 2.36. The fourth-order valence-corrected chi connectivity index (χ4v) is 6.25. The Kier molecular flexibility index (Phi) is 11.0. The van der Waals surface area contributed by atoms with Gasteiger partial charge in [0.05, 0.1) is 37.0 Å². The predicted octanol–water partition coefficient (Wildman–Crippen LogP) is 5.27. The summed E-state index contributed by atoms with van der Waals surface area (Å²) in [5.41, 5.74) is 1.93. The largest absolute Gasteiger partial charge is 0.487 e. The summed E-state index contributed by atoms with van der Waals surface area (Å²) in [7, 11) is 1.23. The zero-order valence-corrected chi connectivity index (χ0v) is 27.7. The van der Waals surface area contributed by atoms with Gasteiger partial charge in [-0.1, -0.05) is 17.7 Å². The van der Waals surface area contributed by atoms with E-state index in [0.717, 1.165) is 63.1 Å². The molecule has 2 aliphatic rings. The molecular formula is C32H40ClF2N9O4. The van der Waals surface area contributed by atoms with Crippen LogP contribution in [0.1, 0.15) is 38.6 Å². The first kappa shape index (κ1) is 34.0. The topological polar surface area (TPSA) is 127 Å². The number of ether oxygens (including phenoxy) is 4. The van der Waals surface area contributed by atoms with Gasteiger partial charge in [-0.3, -0.25) is 9.58 Å². The van der Waals surface area contributed by atoms with Crippen LogP contribution in [0.3, 0.4) is 0 Å². The third-order valence-electron chi connectivity index (χ3n) is 8.48. The van der Waals surface area contributed by atoms with Crippen molar-refractivity contribution in [1.82, 2.24) is 39.4 Å². The Labute approximate surface area is 282 Å². The molecule has 1 aliphatic heterocycles. The van der Waals surface area contributed by atoms with Crippen LogP contribution < -0.4 is 14.8 Å². The van der Waals surface area contributed by atoms with Crippen LogP contribution in [0.2, 0.25) is 5.02 Å². The number of hydrogen-bond acceptors (Lipinski definition) is 11. The maximum atomic E-state index is 14.3. The number of aromatic nitrogens is 7. The normalized spacial score (nSPS) is 19.6. The van der Waals surface area contributed by atoms with E-state index in [1.54, 1.807) is 35.7 Å². The number of halogens is 3. The molecule has 1 aromatic carbocycles. The summed E-state index contributed by atoms with van der Waals surface area (Å²) < 4.78 is 53.9. The number of anilines is 2. The Morgan fingerprint density at radius 2 is 1.81 bits per heavy atom. The van der Waals surface area contributed by atoms with Crippen molar-refractivity contribution in [1.29, 1.82) is 0 Å². The van der Waals surface area contributed by atoms with E-state index in [4.69, 9.17) is 25.8 Å². The van der Waals surface area contributed by atoms with Crippen molar-refractivity contribution in [2.24, 2.45) is 0 Å². The second-order valence-electron chi connectivity index (χ2n) is 12.1. The number of hydrogen-bond donors (Lipinski definition) is 1. The minimum atomic E-state index is -3.18. The van der Waals surface area contributed by atoms with Crippen molar-refractivity contribution in [3.05, 3.63) is 54.5 Å². The van der Waals surface area contributed by atoms with E-state index < -0.39 is 19.1 Å². The lowest BCUT2D eigenvalue weighted by molar-refractivity contribution is -0.0917. The molecule has 1 saturated carbocycles. The quantitative estimate of drug-likeness (QED) is 0.186. The van der Waals surface area contributed by atoms with E-state index in [1.807, 2.05) is 23.7 Å². The second-order valence-corrected chi connectivity index (χ2v) is 12.5. The molecular weight excluding hydrogens is 648 g/mol. The molecule has 0 spiro atoms. The van der Waals surface area contributed by atoms with Gasteiger partial charge in [-0.05, 0) is 50.3 Å². The molecule has 1 aliphatic carbocycles. The van der Waals surface area contributed by atoms with Crippen LogP contribution in [0.5, 0.6) is 11.6 Å². The van der Waals surface area contributed by atoms with Gasteiger partial charge in [0.25, 0.3) is 5.88 Å². The first-order valence-corrected chi connectivity index (χ1v) is 16.4. The SMILES string of the molecule is COCC(F)(F)COc1nn(C2CCC(N3CCOCC3)CC2)cc1Nc1ncc(-c2ccc(Cl)c(OC(C)Cn3cncn3)c2)cn1. The molecule has 16 heteroatoms. The van der Waals surface area contributed by atoms with Crippen molar-refractivity contribution in [3.63, 3.8) is 0 Å². The first-order valence-electron chi connectivity index (χ1n) is 16.0. The van der Waals surface area contributed by atoms with E-state index in [9.17, 15) is 8.78 Å². The minimum Gasteiger partial charge on any atom is -0.487 e. The van der Waals surface area contributed by atoms with Crippen LogP contribution in [0, 0.1) is 0 Å². The highest BCUT2D eigenvalue weighted by molar-refractivity contribution is 6.32. The van der Waals surface area contributed by atoms with Gasteiger partial charge in [-0.15, -0.1) is 5.10 Å². The predicted molar refractivity (Wildman–Crippen MR) is 174 cm³/mol. The summed E-state index contributed by atoms with van der Waals surface area (Å²) in [5, 5.41) is 12.3. The van der Waals surface area contributed by atoms with Gasteiger partial charge in [0, 0.05) is 44.2 Å². The van der Waals surface area contributed by atoms with E-state index in [0.29, 0.717) is 29.0 Å². The third-order valence-corrected chi connectivity index (χ3v) is 8.79. The van der Waals surface area contributed by atoms with Crippen LogP contribution in [0.25, 0.3) is 11.1 Å². The molecule has 4 aromatic rings. The number of benzene rings is 1. The first-order chi connectivity index (χ1) is 23.3. The molecule has 1 atom stereocenters. The van der Waals surface area contributed by atoms with Crippen LogP contribution in [-0.2, 0) is 16.0 Å². The molecule has 258 valence electrons. The van der Waals surface area contributed by atoms with Crippen molar-refractivity contribution in [3.8, 4) is 22.8 Å². The second kappa shape index (κ2) is 15.5. The molecule has 0 bridgehead atoms. The molecule has 1 saturated heterocycles. The smallest absolute Gasteiger partial charge is 0.304 e. The van der Waals surface area contributed by atoms with Crippen LogP contribution in [0.4, 0.5) is 20.4 Å². The Bertz CT molecular complexity index is 1600. The number of methoxy groups -OCH3 is 1. The Hall–Kier alpha value is -3.92. The lowest BCUT2D eigenvalue weighted by Crippen LogP contribution is -2.45. The third kappa shape index (κ3) is 8.75. The fourth-order valence-electron chi connectivity index (χ4n) is 6.09. The van der Waals surface area contributed by atoms with E-state index in [1.165, 1.54) is 13.4 Å². The molecule has 4 heterocycles. The summed E-state index contributed by atoms with van der Waals surface area (Å²) in [6.07, 6.45) is 11.9. The lowest BCUT2D eigenvalue weighted by Gasteiger charge is -2.38. The molecule has 1 unspecified atom stereocenters. The molecule has 0 radical (unpaired) electrons. The summed E-state index contributed by atoms with van der Waals surface area (Å²) in [6, 6.07) is 6.07. The van der Waals surface area contributed by atoms with Gasteiger partial charge < -0.3 is 24.3 Å². The monoisotopic (exact) mass is 687 g/mol. The zero-order valence-electron chi connectivity index (χ0n) is 27.0. The van der Waals surface area contributed by atoms with E-state index in [2.05, 4.69) is 40.1 Å². The maximum absolute atomic E-state index is 14.3. The molecule has 1 N–H and O–H groups in total. The standard InChI is InChI=1S/C32H40ClF2N9O4/c1-22(16-43-21-36-20-39-43)48-29-13-23(3-8-27(29)33)24-14-37-31(38-15-24)40-28-17-44(41-30(28)47-19-32(34,35)18-45-2)26-6-4-25(5-7-26)42-9-11-46-12-10-42/h3,8,13-15,17,20-22,25-26H,4-7,9-12,16,18-19H2,1-2H3,(H,37,38,40). The van der Waals surface area contributed by atoms with E-state index in [-0.39, 0.29) is 24.0 Å². The van der Waals surface area contributed by atoms with Gasteiger partial charge in [-0.25, -0.2) is 28.4 Å². The van der Waals surface area contributed by atoms with Gasteiger partial charge in [0.1, 0.15) is 36.8 Å². The Morgan fingerprint density at radius 3 is 2.52 bits per heavy atom. The molecule has 2 fully saturated rings. The van der Waals surface area contributed by atoms with E-state index >= 15 is 0 Å². The van der Waals surface area contributed by atoms with Crippen molar-refractivity contribution in [2.45, 2.75) is 63.3 Å². The van der Waals surface area contributed by atoms with Gasteiger partial charge >= 0.3 is 5.92 Å². The summed E-state index contributed by atoms with van der Waals surface area (Å²) >= 11 is 6.43. The maximum Gasteiger partial charge on any atom is 0.304 e. The number of rotatable bonds is 14. The van der Waals surface area contributed by atoms with Gasteiger partial charge in [0.2, 0.25) is 5.95 Å². The van der Waals surface area contributed by atoms with Crippen molar-refractivity contribution < 1.29 is 27.7 Å². The van der Waals surface area contributed by atoms with Crippen molar-refractivity contribution in [2.75, 3.05) is 51.9 Å². The number of nitrogens with zero attached hydrogens (tertiary/aromatic N) is 8. The van der Waals surface area contributed by atoms with Crippen LogP contribution >= 0.6 is 11.6 Å². The highest BCUT2D eigenvalue weighted by atomic mass is 35.5. The average Bonchev–Trinajstić information content (AvgIpc) is 3.76. The Balaban J connectivity index is 1.14. The number of morpholine rings is 1.